The average Bonchev–Trinajstić information content (AvgIpc) is 2.40. The fourth-order valence-corrected chi connectivity index (χ4v) is 3.72. The molecule has 2 nitrogen and oxygen atoms in total. The molecule has 1 rings (SSSR count). The minimum absolute atomic E-state index is 0.360. The molecule has 18 heavy (non-hydrogen) atoms. The molecule has 0 aromatic rings. The molecule has 1 N–H and O–H groups in total. The van der Waals surface area contributed by atoms with Gasteiger partial charge in [-0.1, -0.05) is 20.8 Å². The molecule has 1 aliphatic heterocycles. The highest BCUT2D eigenvalue weighted by molar-refractivity contribution is 7.99. The fraction of sp³-hybridized carbons (Fsp3) is 1.00. The summed E-state index contributed by atoms with van der Waals surface area (Å²) in [6.07, 6.45) is 3.80. The first-order valence-corrected chi connectivity index (χ1v) is 8.82. The first-order chi connectivity index (χ1) is 8.58. The lowest BCUT2D eigenvalue weighted by Gasteiger charge is -2.49. The van der Waals surface area contributed by atoms with Crippen LogP contribution in [0.3, 0.4) is 0 Å². The summed E-state index contributed by atoms with van der Waals surface area (Å²) in [7, 11) is 0. The first kappa shape index (κ1) is 16.3. The molecular weight excluding hydrogens is 240 g/mol. The van der Waals surface area contributed by atoms with E-state index in [2.05, 4.69) is 56.6 Å². The normalized spacial score (nSPS) is 26.2. The van der Waals surface area contributed by atoms with Crippen molar-refractivity contribution in [2.24, 2.45) is 0 Å². The molecule has 3 heteroatoms. The van der Waals surface area contributed by atoms with E-state index in [9.17, 15) is 0 Å². The van der Waals surface area contributed by atoms with Gasteiger partial charge in [0.2, 0.25) is 0 Å². The molecule has 0 amide bonds. The highest BCUT2D eigenvalue weighted by atomic mass is 32.2. The Morgan fingerprint density at radius 3 is 2.56 bits per heavy atom. The van der Waals surface area contributed by atoms with Crippen LogP contribution in [0, 0.1) is 0 Å². The molecular formula is C15H32N2S. The van der Waals surface area contributed by atoms with Crippen LogP contribution in [-0.2, 0) is 0 Å². The van der Waals surface area contributed by atoms with Gasteiger partial charge in [-0.15, -0.1) is 0 Å². The third kappa shape index (κ3) is 4.14. The van der Waals surface area contributed by atoms with Crippen LogP contribution in [0.4, 0.5) is 0 Å². The second-order valence-electron chi connectivity index (χ2n) is 5.72. The maximum absolute atomic E-state index is 3.79. The Bertz CT molecular complexity index is 229. The summed E-state index contributed by atoms with van der Waals surface area (Å²) in [6.45, 7) is 14.0. The highest BCUT2D eigenvalue weighted by Crippen LogP contribution is 2.25. The Morgan fingerprint density at radius 2 is 2.00 bits per heavy atom. The van der Waals surface area contributed by atoms with E-state index in [0.29, 0.717) is 11.6 Å². The van der Waals surface area contributed by atoms with Crippen LogP contribution >= 0.6 is 11.8 Å². The molecule has 0 spiro atoms. The van der Waals surface area contributed by atoms with Crippen molar-refractivity contribution in [3.8, 4) is 0 Å². The van der Waals surface area contributed by atoms with Crippen molar-refractivity contribution in [3.63, 3.8) is 0 Å². The number of piperazine rings is 1. The van der Waals surface area contributed by atoms with Crippen molar-refractivity contribution in [2.75, 3.05) is 24.6 Å². The van der Waals surface area contributed by atoms with Crippen LogP contribution in [0.2, 0.25) is 0 Å². The molecule has 2 unspecified atom stereocenters. The summed E-state index contributed by atoms with van der Waals surface area (Å²) in [5.74, 6) is 2.55. The first-order valence-electron chi connectivity index (χ1n) is 7.67. The van der Waals surface area contributed by atoms with Gasteiger partial charge in [-0.25, -0.2) is 0 Å². The van der Waals surface area contributed by atoms with Crippen LogP contribution in [0.5, 0.6) is 0 Å². The van der Waals surface area contributed by atoms with Crippen molar-refractivity contribution in [2.45, 2.75) is 71.5 Å². The van der Waals surface area contributed by atoms with Gasteiger partial charge in [0.1, 0.15) is 0 Å². The monoisotopic (exact) mass is 272 g/mol. The summed E-state index contributed by atoms with van der Waals surface area (Å²) in [5, 5.41) is 3.79. The van der Waals surface area contributed by atoms with E-state index in [1.54, 1.807) is 0 Å². The fourth-order valence-electron chi connectivity index (χ4n) is 2.92. The Balaban J connectivity index is 2.55. The topological polar surface area (TPSA) is 15.3 Å². The summed E-state index contributed by atoms with van der Waals surface area (Å²) < 4.78 is 0. The van der Waals surface area contributed by atoms with Gasteiger partial charge >= 0.3 is 0 Å². The molecule has 0 aliphatic carbocycles. The number of nitrogens with zero attached hydrogens (tertiary/aromatic N) is 1. The highest BCUT2D eigenvalue weighted by Gasteiger charge is 2.36. The van der Waals surface area contributed by atoms with Crippen LogP contribution in [-0.4, -0.2) is 47.1 Å². The van der Waals surface area contributed by atoms with Gasteiger partial charge in [-0.3, -0.25) is 4.90 Å². The summed E-state index contributed by atoms with van der Waals surface area (Å²) in [6, 6.07) is 1.40. The van der Waals surface area contributed by atoms with Crippen molar-refractivity contribution in [1.29, 1.82) is 0 Å². The number of nitrogens with one attached hydrogen (secondary N) is 1. The quantitative estimate of drug-likeness (QED) is 0.715. The van der Waals surface area contributed by atoms with Crippen molar-refractivity contribution < 1.29 is 0 Å². The Kier molecular flexibility index (Phi) is 7.04. The zero-order valence-electron chi connectivity index (χ0n) is 13.0. The minimum Gasteiger partial charge on any atom is -0.308 e. The van der Waals surface area contributed by atoms with Crippen LogP contribution in [0.15, 0.2) is 0 Å². The molecule has 0 saturated carbocycles. The Labute approximate surface area is 118 Å². The predicted molar refractivity (Wildman–Crippen MR) is 84.6 cm³/mol. The second kappa shape index (κ2) is 7.76. The molecule has 0 aromatic carbocycles. The zero-order valence-corrected chi connectivity index (χ0v) is 13.8. The molecule has 2 atom stereocenters. The van der Waals surface area contributed by atoms with Gasteiger partial charge in [-0.05, 0) is 44.6 Å². The third-order valence-corrected chi connectivity index (χ3v) is 5.56. The van der Waals surface area contributed by atoms with Crippen LogP contribution < -0.4 is 5.32 Å². The van der Waals surface area contributed by atoms with E-state index in [1.165, 1.54) is 37.3 Å². The van der Waals surface area contributed by atoms with Gasteiger partial charge in [0.15, 0.2) is 0 Å². The average molecular weight is 273 g/mol. The largest absolute Gasteiger partial charge is 0.308 e. The molecule has 1 aliphatic rings. The molecule has 0 aromatic heterocycles. The third-order valence-electron chi connectivity index (χ3n) is 4.63. The van der Waals surface area contributed by atoms with E-state index < -0.39 is 0 Å². The lowest BCUT2D eigenvalue weighted by atomic mass is 9.88. The minimum atomic E-state index is 0.360. The van der Waals surface area contributed by atoms with Crippen LogP contribution in [0.25, 0.3) is 0 Å². The van der Waals surface area contributed by atoms with Crippen molar-refractivity contribution in [1.82, 2.24) is 10.2 Å². The summed E-state index contributed by atoms with van der Waals surface area (Å²) in [5.41, 5.74) is 0.360. The number of thioether (sulfide) groups is 1. The van der Waals surface area contributed by atoms with Crippen molar-refractivity contribution in [3.05, 3.63) is 0 Å². The molecule has 0 radical (unpaired) electrons. The predicted octanol–water partition coefficient (Wildman–Crippen LogP) is 3.37. The van der Waals surface area contributed by atoms with Gasteiger partial charge in [0, 0.05) is 30.7 Å². The molecule has 1 saturated heterocycles. The molecule has 108 valence electrons. The standard InChI is InChI=1S/C15H32N2S/c1-6-15(7-2)12-17(14(5)11-16-15)13(4)9-10-18-8-3/h13-14,16H,6-12H2,1-5H3. The van der Waals surface area contributed by atoms with E-state index in [4.69, 9.17) is 0 Å². The van der Waals surface area contributed by atoms with Gasteiger partial charge < -0.3 is 5.32 Å². The lowest BCUT2D eigenvalue weighted by Crippen LogP contribution is -2.64. The number of rotatable bonds is 7. The van der Waals surface area contributed by atoms with E-state index in [0.717, 1.165) is 12.6 Å². The van der Waals surface area contributed by atoms with Gasteiger partial charge in [-0.2, -0.15) is 11.8 Å². The smallest absolute Gasteiger partial charge is 0.0304 e. The molecule has 1 fully saturated rings. The maximum Gasteiger partial charge on any atom is 0.0304 e. The SMILES string of the molecule is CCSCCC(C)N1CC(CC)(CC)NCC1C. The Morgan fingerprint density at radius 1 is 1.33 bits per heavy atom. The summed E-state index contributed by atoms with van der Waals surface area (Å²) >= 11 is 2.07. The summed E-state index contributed by atoms with van der Waals surface area (Å²) in [4.78, 5) is 2.74. The lowest BCUT2D eigenvalue weighted by molar-refractivity contribution is 0.0492. The van der Waals surface area contributed by atoms with E-state index >= 15 is 0 Å². The number of hydrogen-bond donors (Lipinski definition) is 1. The van der Waals surface area contributed by atoms with E-state index in [1.807, 2.05) is 0 Å². The van der Waals surface area contributed by atoms with Gasteiger partial charge in [0.05, 0.1) is 0 Å². The molecule has 0 bridgehead atoms. The van der Waals surface area contributed by atoms with Crippen LogP contribution in [0.1, 0.15) is 53.9 Å². The maximum atomic E-state index is 3.79. The molecule has 1 heterocycles. The van der Waals surface area contributed by atoms with Gasteiger partial charge in [0.25, 0.3) is 0 Å². The van der Waals surface area contributed by atoms with E-state index in [-0.39, 0.29) is 0 Å². The van der Waals surface area contributed by atoms with Crippen molar-refractivity contribution >= 4 is 11.8 Å². The Hall–Kier alpha value is 0.270. The zero-order chi connectivity index (χ0) is 13.6. The second-order valence-corrected chi connectivity index (χ2v) is 7.12. The number of hydrogen-bond acceptors (Lipinski definition) is 3.